The lowest BCUT2D eigenvalue weighted by molar-refractivity contribution is -0.151. The van der Waals surface area contributed by atoms with Crippen molar-refractivity contribution >= 4 is 25.8 Å². The third-order valence-electron chi connectivity index (χ3n) is 5.78. The lowest BCUT2D eigenvalue weighted by Gasteiger charge is -2.24. The maximum Gasteiger partial charge on any atom is 0.380 e. The summed E-state index contributed by atoms with van der Waals surface area (Å²) in [5, 5.41) is 10.8. The smallest absolute Gasteiger partial charge is 0.380 e. The Morgan fingerprint density at radius 2 is 1.94 bits per heavy atom. The van der Waals surface area contributed by atoms with Crippen LogP contribution in [-0.2, 0) is 23.4 Å². The number of aliphatic hydroxyl groups is 1. The summed E-state index contributed by atoms with van der Waals surface area (Å²) < 4.78 is 38.3. The molecule has 0 spiro atoms. The van der Waals surface area contributed by atoms with E-state index in [1.165, 1.54) is 0 Å². The van der Waals surface area contributed by atoms with E-state index in [1.807, 2.05) is 0 Å². The van der Waals surface area contributed by atoms with E-state index in [-0.39, 0.29) is 29.2 Å². The first kappa shape index (κ1) is 28.3. The van der Waals surface area contributed by atoms with E-state index in [2.05, 4.69) is 4.98 Å². The van der Waals surface area contributed by atoms with Gasteiger partial charge in [-0.25, -0.2) is 4.57 Å². The van der Waals surface area contributed by atoms with E-state index < -0.39 is 43.8 Å². The molecule has 10 nitrogen and oxygen atoms in total. The summed E-state index contributed by atoms with van der Waals surface area (Å²) in [6.07, 6.45) is -1.48. The molecule has 2 N–H and O–H groups in total. The van der Waals surface area contributed by atoms with Crippen LogP contribution >= 0.6 is 19.8 Å². The minimum atomic E-state index is -3.88. The molecule has 0 amide bonds. The van der Waals surface area contributed by atoms with Crippen LogP contribution in [0.3, 0.4) is 0 Å². The van der Waals surface area contributed by atoms with Crippen molar-refractivity contribution in [3.8, 4) is 5.75 Å². The number of nitrogens with zero attached hydrogens (tertiary/aromatic N) is 1. The zero-order chi connectivity index (χ0) is 26.6. The molecule has 2 aromatic rings. The number of esters is 1. The number of aromatic amines is 1. The molecule has 1 aromatic carbocycles. The molecule has 2 heterocycles. The summed E-state index contributed by atoms with van der Waals surface area (Å²) in [5.74, 6) is -1.37. The van der Waals surface area contributed by atoms with Gasteiger partial charge in [-0.3, -0.25) is 23.7 Å². The highest BCUT2D eigenvalue weighted by Gasteiger charge is 2.44. The number of nitrogens with one attached hydrogen (secondary N) is 1. The second kappa shape index (κ2) is 11.8. The van der Waals surface area contributed by atoms with Gasteiger partial charge in [0.15, 0.2) is 4.77 Å². The van der Waals surface area contributed by atoms with Crippen LogP contribution in [0.25, 0.3) is 0 Å². The Kier molecular flexibility index (Phi) is 9.29. The summed E-state index contributed by atoms with van der Waals surface area (Å²) in [6, 6.07) is 8.50. The SMILES string of the molecule is Cc1cn([C@H]2O[C@@H](CO[P@@](=O)(C[C@@H](C)C(=O)OC(C)C)Oc3ccccc3)C(O)[C@H]2C)c(=S)[nH]c1=O. The Morgan fingerprint density at radius 1 is 1.28 bits per heavy atom. The number of benzene rings is 1. The van der Waals surface area contributed by atoms with Crippen molar-refractivity contribution in [3.05, 3.63) is 57.2 Å². The Bertz CT molecular complexity index is 1210. The molecule has 198 valence electrons. The number of hydrogen-bond acceptors (Lipinski definition) is 9. The van der Waals surface area contributed by atoms with Gasteiger partial charge in [-0.1, -0.05) is 32.0 Å². The van der Waals surface area contributed by atoms with E-state index in [0.717, 1.165) is 0 Å². The van der Waals surface area contributed by atoms with Gasteiger partial charge in [0, 0.05) is 17.7 Å². The molecule has 1 unspecified atom stereocenters. The molecule has 3 rings (SSSR count). The van der Waals surface area contributed by atoms with Crippen LogP contribution in [0.4, 0.5) is 0 Å². The lowest BCUT2D eigenvalue weighted by Crippen LogP contribution is -2.30. The molecule has 6 atom stereocenters. The summed E-state index contributed by atoms with van der Waals surface area (Å²) in [5.41, 5.74) is 0.142. The standard InChI is InChI=1S/C24H33N2O8PS/c1-14(2)32-23(29)16(4)13-35(30,34-18-9-7-6-8-10-18)31-12-19-20(27)17(5)22(33-19)26-11-15(3)21(28)25-24(26)36/h6-11,14,16-17,19-20,22,27H,12-13H2,1-5H3,(H,25,28,36)/t16-,17-,19+,20?,22+,35+/m1/s1. The average molecular weight is 541 g/mol. The first-order chi connectivity index (χ1) is 16.9. The number of aromatic nitrogens is 2. The number of rotatable bonds is 10. The van der Waals surface area contributed by atoms with Crippen molar-refractivity contribution < 1.29 is 33.0 Å². The van der Waals surface area contributed by atoms with Crippen molar-refractivity contribution in [2.45, 2.75) is 59.2 Å². The van der Waals surface area contributed by atoms with Gasteiger partial charge in [0.1, 0.15) is 18.1 Å². The molecule has 1 fully saturated rings. The topological polar surface area (TPSA) is 129 Å². The zero-order valence-electron chi connectivity index (χ0n) is 21.0. The summed E-state index contributed by atoms with van der Waals surface area (Å²) in [7, 11) is -3.88. The fraction of sp³-hybridized carbons (Fsp3) is 0.542. The number of carbonyl (C=O) groups excluding carboxylic acids is 1. The minimum absolute atomic E-state index is 0.159. The summed E-state index contributed by atoms with van der Waals surface area (Å²) >= 11 is 5.27. The van der Waals surface area contributed by atoms with E-state index >= 15 is 0 Å². The summed E-state index contributed by atoms with van der Waals surface area (Å²) in [4.78, 5) is 26.8. The quantitative estimate of drug-likeness (QED) is 0.261. The highest BCUT2D eigenvalue weighted by molar-refractivity contribution is 7.71. The number of carbonyl (C=O) groups is 1. The molecule has 36 heavy (non-hydrogen) atoms. The van der Waals surface area contributed by atoms with Gasteiger partial charge in [-0.2, -0.15) is 0 Å². The monoisotopic (exact) mass is 540 g/mol. The molecule has 12 heteroatoms. The average Bonchev–Trinajstić information content (AvgIpc) is 3.08. The fourth-order valence-corrected chi connectivity index (χ4v) is 5.95. The largest absolute Gasteiger partial charge is 0.463 e. The predicted molar refractivity (Wildman–Crippen MR) is 136 cm³/mol. The lowest BCUT2D eigenvalue weighted by atomic mass is 10.0. The van der Waals surface area contributed by atoms with Crippen LogP contribution in [0.15, 0.2) is 41.3 Å². The number of aliphatic hydroxyl groups excluding tert-OH is 1. The first-order valence-corrected chi connectivity index (χ1v) is 13.9. The molecular formula is C24H33N2O8PS. The molecule has 0 aliphatic carbocycles. The van der Waals surface area contributed by atoms with Crippen LogP contribution in [-0.4, -0.2) is 51.7 Å². The van der Waals surface area contributed by atoms with Gasteiger partial charge >= 0.3 is 13.6 Å². The Hall–Kier alpha value is -2.30. The maximum atomic E-state index is 13.8. The molecule has 0 bridgehead atoms. The van der Waals surface area contributed by atoms with Gasteiger partial charge in [0.25, 0.3) is 5.56 Å². The van der Waals surface area contributed by atoms with Crippen LogP contribution in [0.2, 0.25) is 0 Å². The Balaban J connectivity index is 1.77. The first-order valence-electron chi connectivity index (χ1n) is 11.7. The molecule has 0 saturated carbocycles. The molecule has 1 aliphatic rings. The highest BCUT2D eigenvalue weighted by Crippen LogP contribution is 2.51. The van der Waals surface area contributed by atoms with E-state index in [0.29, 0.717) is 11.3 Å². The Morgan fingerprint density at radius 3 is 2.58 bits per heavy atom. The molecule has 1 aromatic heterocycles. The third kappa shape index (κ3) is 6.92. The maximum absolute atomic E-state index is 13.8. The van der Waals surface area contributed by atoms with Gasteiger partial charge in [0.2, 0.25) is 0 Å². The zero-order valence-corrected chi connectivity index (χ0v) is 22.7. The van der Waals surface area contributed by atoms with E-state index in [9.17, 15) is 19.3 Å². The highest BCUT2D eigenvalue weighted by atomic mass is 32.1. The third-order valence-corrected chi connectivity index (χ3v) is 8.12. The van der Waals surface area contributed by atoms with Crippen LogP contribution in [0.1, 0.15) is 39.5 Å². The number of hydrogen-bond donors (Lipinski definition) is 2. The molecule has 1 saturated heterocycles. The van der Waals surface area contributed by atoms with Crippen molar-refractivity contribution in [3.63, 3.8) is 0 Å². The number of para-hydroxylation sites is 1. The van der Waals surface area contributed by atoms with Crippen molar-refractivity contribution in [1.29, 1.82) is 0 Å². The number of H-pyrrole nitrogens is 1. The molecule has 1 aliphatic heterocycles. The Labute approximate surface area is 215 Å². The van der Waals surface area contributed by atoms with Crippen LogP contribution in [0, 0.1) is 23.5 Å². The second-order valence-corrected chi connectivity index (χ2v) is 11.7. The van der Waals surface area contributed by atoms with Crippen LogP contribution < -0.4 is 10.1 Å². The van der Waals surface area contributed by atoms with E-state index in [1.54, 1.807) is 75.7 Å². The minimum Gasteiger partial charge on any atom is -0.463 e. The molecular weight excluding hydrogens is 507 g/mol. The van der Waals surface area contributed by atoms with Crippen molar-refractivity contribution in [2.24, 2.45) is 11.8 Å². The fourth-order valence-electron chi connectivity index (χ4n) is 3.83. The van der Waals surface area contributed by atoms with Crippen LogP contribution in [0.5, 0.6) is 5.75 Å². The van der Waals surface area contributed by atoms with Crippen molar-refractivity contribution in [2.75, 3.05) is 12.8 Å². The summed E-state index contributed by atoms with van der Waals surface area (Å²) in [6.45, 7) is 8.22. The number of aryl methyl sites for hydroxylation is 1. The second-order valence-electron chi connectivity index (χ2n) is 9.27. The normalized spacial score (nSPS) is 24.3. The van der Waals surface area contributed by atoms with Gasteiger partial charge in [0.05, 0.1) is 30.9 Å². The van der Waals surface area contributed by atoms with Gasteiger partial charge in [-0.15, -0.1) is 0 Å². The predicted octanol–water partition coefficient (Wildman–Crippen LogP) is 3.99. The van der Waals surface area contributed by atoms with Crippen molar-refractivity contribution in [1.82, 2.24) is 9.55 Å². The molecule has 0 radical (unpaired) electrons. The van der Waals surface area contributed by atoms with E-state index in [4.69, 9.17) is 30.7 Å². The number of ether oxygens (including phenoxy) is 2. The van der Waals surface area contributed by atoms with Gasteiger partial charge in [-0.05, 0) is 45.1 Å². The van der Waals surface area contributed by atoms with Gasteiger partial charge < -0.3 is 19.1 Å².